The number of nitrogens with zero attached hydrogens (tertiary/aromatic N) is 2. The van der Waals surface area contributed by atoms with E-state index in [1.165, 1.54) is 6.26 Å². The van der Waals surface area contributed by atoms with E-state index in [0.29, 0.717) is 9.92 Å². The summed E-state index contributed by atoms with van der Waals surface area (Å²) in [6.45, 7) is 2.75. The summed E-state index contributed by atoms with van der Waals surface area (Å²) < 4.78 is 24.8. The summed E-state index contributed by atoms with van der Waals surface area (Å²) in [5.74, 6) is 0. The highest BCUT2D eigenvalue weighted by atomic mass is 35.5. The molecule has 1 aromatic carbocycles. The van der Waals surface area contributed by atoms with E-state index >= 15 is 0 Å². The lowest BCUT2D eigenvalue weighted by molar-refractivity contribution is 0.572. The fourth-order valence-corrected chi connectivity index (χ4v) is 3.13. The van der Waals surface area contributed by atoms with Crippen LogP contribution >= 0.6 is 11.6 Å². The van der Waals surface area contributed by atoms with Crippen molar-refractivity contribution in [3.63, 3.8) is 0 Å². The van der Waals surface area contributed by atoms with Crippen LogP contribution in [0.15, 0.2) is 35.4 Å². The second kappa shape index (κ2) is 6.17. The SMILES string of the molecule is CCNC(c1ccc(S(C)(=O)=O)cc1)c1c(Cl)cnn1C. The molecule has 0 spiro atoms. The average Bonchev–Trinajstić information content (AvgIpc) is 2.75. The van der Waals surface area contributed by atoms with Gasteiger partial charge in [0.1, 0.15) is 0 Å². The molecule has 1 unspecified atom stereocenters. The second-order valence-corrected chi connectivity index (χ2v) is 7.26. The number of nitrogens with one attached hydrogen (secondary N) is 1. The van der Waals surface area contributed by atoms with Gasteiger partial charge in [-0.3, -0.25) is 4.68 Å². The van der Waals surface area contributed by atoms with Crippen LogP contribution in [0.1, 0.15) is 24.2 Å². The van der Waals surface area contributed by atoms with Crippen LogP contribution in [-0.2, 0) is 16.9 Å². The van der Waals surface area contributed by atoms with E-state index in [9.17, 15) is 8.42 Å². The summed E-state index contributed by atoms with van der Waals surface area (Å²) >= 11 is 6.21. The Kier molecular flexibility index (Phi) is 4.70. The Morgan fingerprint density at radius 3 is 2.38 bits per heavy atom. The smallest absolute Gasteiger partial charge is 0.175 e. The Bertz CT molecular complexity index is 704. The molecule has 0 amide bonds. The molecule has 1 atom stereocenters. The zero-order valence-electron chi connectivity index (χ0n) is 12.2. The predicted molar refractivity (Wildman–Crippen MR) is 83.3 cm³/mol. The topological polar surface area (TPSA) is 64.0 Å². The van der Waals surface area contributed by atoms with Crippen molar-refractivity contribution in [1.29, 1.82) is 0 Å². The molecule has 0 saturated heterocycles. The highest BCUT2D eigenvalue weighted by Crippen LogP contribution is 2.28. The van der Waals surface area contributed by atoms with E-state index in [1.54, 1.807) is 35.1 Å². The van der Waals surface area contributed by atoms with Crippen molar-refractivity contribution in [2.24, 2.45) is 7.05 Å². The minimum absolute atomic E-state index is 0.136. The van der Waals surface area contributed by atoms with Crippen LogP contribution in [0.2, 0.25) is 5.02 Å². The highest BCUT2D eigenvalue weighted by Gasteiger charge is 2.20. The number of aryl methyl sites for hydroxylation is 1. The summed E-state index contributed by atoms with van der Waals surface area (Å²) in [4.78, 5) is 0.303. The fourth-order valence-electron chi connectivity index (χ4n) is 2.23. The van der Waals surface area contributed by atoms with Gasteiger partial charge in [0.25, 0.3) is 0 Å². The van der Waals surface area contributed by atoms with Crippen molar-refractivity contribution in [2.75, 3.05) is 12.8 Å². The Hall–Kier alpha value is -1.37. The molecule has 7 heteroatoms. The maximum atomic E-state index is 11.5. The van der Waals surface area contributed by atoms with Gasteiger partial charge in [-0.2, -0.15) is 5.10 Å². The minimum Gasteiger partial charge on any atom is -0.305 e. The molecule has 21 heavy (non-hydrogen) atoms. The Labute approximate surface area is 129 Å². The van der Waals surface area contributed by atoms with Crippen LogP contribution in [-0.4, -0.2) is 31.0 Å². The standard InChI is InChI=1S/C14H18ClN3O2S/c1-4-16-13(14-12(15)9-17-18(14)2)10-5-7-11(8-6-10)21(3,19)20/h5-9,13,16H,4H2,1-3H3. The summed E-state index contributed by atoms with van der Waals surface area (Å²) in [5, 5.41) is 8.08. The molecular weight excluding hydrogens is 310 g/mol. The number of benzene rings is 1. The first kappa shape index (κ1) is 16.0. The molecule has 1 heterocycles. The van der Waals surface area contributed by atoms with Crippen LogP contribution in [0.25, 0.3) is 0 Å². The normalized spacial score (nSPS) is 13.3. The summed E-state index contributed by atoms with van der Waals surface area (Å²) in [6.07, 6.45) is 2.80. The van der Waals surface area contributed by atoms with Crippen molar-refractivity contribution >= 4 is 21.4 Å². The lowest BCUT2D eigenvalue weighted by Gasteiger charge is -2.19. The third-order valence-electron chi connectivity index (χ3n) is 3.26. The molecule has 2 aromatic rings. The zero-order valence-corrected chi connectivity index (χ0v) is 13.7. The molecule has 114 valence electrons. The second-order valence-electron chi connectivity index (χ2n) is 4.83. The van der Waals surface area contributed by atoms with E-state index in [-0.39, 0.29) is 6.04 Å². The van der Waals surface area contributed by atoms with Crippen molar-refractivity contribution in [2.45, 2.75) is 17.9 Å². The number of sulfone groups is 1. The van der Waals surface area contributed by atoms with Gasteiger partial charge in [-0.25, -0.2) is 8.42 Å². The van der Waals surface area contributed by atoms with Crippen molar-refractivity contribution < 1.29 is 8.42 Å². The summed E-state index contributed by atoms with van der Waals surface area (Å²) in [7, 11) is -1.36. The van der Waals surface area contributed by atoms with Crippen molar-refractivity contribution in [3.05, 3.63) is 46.7 Å². The number of aromatic nitrogens is 2. The van der Waals surface area contributed by atoms with Crippen molar-refractivity contribution in [3.8, 4) is 0 Å². The molecular formula is C14H18ClN3O2S. The Morgan fingerprint density at radius 1 is 1.33 bits per heavy atom. The maximum Gasteiger partial charge on any atom is 0.175 e. The minimum atomic E-state index is -3.19. The highest BCUT2D eigenvalue weighted by molar-refractivity contribution is 7.90. The van der Waals surface area contributed by atoms with Gasteiger partial charge in [0, 0.05) is 13.3 Å². The summed E-state index contributed by atoms with van der Waals surface area (Å²) in [6, 6.07) is 6.68. The van der Waals surface area contributed by atoms with Crippen LogP contribution in [0.4, 0.5) is 0 Å². The first-order valence-electron chi connectivity index (χ1n) is 6.55. The molecule has 0 aliphatic heterocycles. The van der Waals surface area contributed by atoms with Gasteiger partial charge in [-0.05, 0) is 24.2 Å². The number of hydrogen-bond donors (Lipinski definition) is 1. The Morgan fingerprint density at radius 2 is 1.95 bits per heavy atom. The van der Waals surface area contributed by atoms with Gasteiger partial charge < -0.3 is 5.32 Å². The number of halogens is 1. The van der Waals surface area contributed by atoms with Crippen LogP contribution < -0.4 is 5.32 Å². The molecule has 0 radical (unpaired) electrons. The lowest BCUT2D eigenvalue weighted by atomic mass is 10.0. The fraction of sp³-hybridized carbons (Fsp3) is 0.357. The van der Waals surface area contributed by atoms with E-state index in [0.717, 1.165) is 17.8 Å². The van der Waals surface area contributed by atoms with E-state index in [2.05, 4.69) is 10.4 Å². The van der Waals surface area contributed by atoms with Gasteiger partial charge in [-0.1, -0.05) is 30.7 Å². The largest absolute Gasteiger partial charge is 0.305 e. The first-order chi connectivity index (χ1) is 9.84. The van der Waals surface area contributed by atoms with Gasteiger partial charge >= 0.3 is 0 Å². The average molecular weight is 328 g/mol. The van der Waals surface area contributed by atoms with Gasteiger partial charge in [0.05, 0.1) is 27.9 Å². The van der Waals surface area contributed by atoms with E-state index in [1.807, 2.05) is 14.0 Å². The third-order valence-corrected chi connectivity index (χ3v) is 4.68. The third kappa shape index (κ3) is 3.45. The van der Waals surface area contributed by atoms with Gasteiger partial charge in [-0.15, -0.1) is 0 Å². The zero-order chi connectivity index (χ0) is 15.6. The van der Waals surface area contributed by atoms with E-state index < -0.39 is 9.84 Å². The lowest BCUT2D eigenvalue weighted by Crippen LogP contribution is -2.24. The molecule has 0 bridgehead atoms. The van der Waals surface area contributed by atoms with Crippen LogP contribution in [0.3, 0.4) is 0 Å². The van der Waals surface area contributed by atoms with Crippen LogP contribution in [0, 0.1) is 0 Å². The van der Waals surface area contributed by atoms with Crippen molar-refractivity contribution in [1.82, 2.24) is 15.1 Å². The molecule has 5 nitrogen and oxygen atoms in total. The molecule has 0 saturated carbocycles. The molecule has 1 N–H and O–H groups in total. The van der Waals surface area contributed by atoms with E-state index in [4.69, 9.17) is 11.6 Å². The first-order valence-corrected chi connectivity index (χ1v) is 8.82. The molecule has 2 rings (SSSR count). The number of rotatable bonds is 5. The van der Waals surface area contributed by atoms with Gasteiger partial charge in [0.15, 0.2) is 9.84 Å². The number of hydrogen-bond acceptors (Lipinski definition) is 4. The quantitative estimate of drug-likeness (QED) is 0.914. The molecule has 1 aromatic heterocycles. The molecule has 0 fully saturated rings. The Balaban J connectivity index is 2.44. The molecule has 0 aliphatic rings. The molecule has 0 aliphatic carbocycles. The maximum absolute atomic E-state index is 11.5. The summed E-state index contributed by atoms with van der Waals surface area (Å²) in [5.41, 5.74) is 1.79. The monoisotopic (exact) mass is 327 g/mol. The van der Waals surface area contributed by atoms with Gasteiger partial charge in [0.2, 0.25) is 0 Å². The predicted octanol–water partition coefficient (Wildman–Crippen LogP) is 2.18. The van der Waals surface area contributed by atoms with Crippen LogP contribution in [0.5, 0.6) is 0 Å².